The lowest BCUT2D eigenvalue weighted by molar-refractivity contribution is -0.122. The van der Waals surface area contributed by atoms with Gasteiger partial charge in [-0.15, -0.1) is 0 Å². The molecule has 3 nitrogen and oxygen atoms in total. The van der Waals surface area contributed by atoms with Gasteiger partial charge in [-0.3, -0.25) is 9.69 Å². The van der Waals surface area contributed by atoms with Gasteiger partial charge in [0.1, 0.15) is 22.5 Å². The maximum absolute atomic E-state index is 13.6. The van der Waals surface area contributed by atoms with Gasteiger partial charge in [-0.1, -0.05) is 61.2 Å². The molecule has 134 valence electrons. The van der Waals surface area contributed by atoms with E-state index in [9.17, 15) is 9.18 Å². The Labute approximate surface area is 161 Å². The topological polar surface area (TPSA) is 29.5 Å². The van der Waals surface area contributed by atoms with Crippen molar-refractivity contribution in [1.29, 1.82) is 0 Å². The molecule has 26 heavy (non-hydrogen) atoms. The van der Waals surface area contributed by atoms with Crippen LogP contribution < -0.4 is 4.74 Å². The van der Waals surface area contributed by atoms with Crippen LogP contribution in [0, 0.1) is 5.82 Å². The van der Waals surface area contributed by atoms with E-state index in [2.05, 4.69) is 0 Å². The van der Waals surface area contributed by atoms with Crippen LogP contribution >= 0.6 is 24.0 Å². The van der Waals surface area contributed by atoms with E-state index in [1.54, 1.807) is 35.2 Å². The largest absolute Gasteiger partial charge is 0.489 e. The number of carbonyl (C=O) groups is 1. The summed E-state index contributed by atoms with van der Waals surface area (Å²) in [6.45, 7) is 2.83. The maximum Gasteiger partial charge on any atom is 0.266 e. The van der Waals surface area contributed by atoms with E-state index in [1.165, 1.54) is 17.8 Å². The SMILES string of the molecule is CCCN1C(=O)/C(=C\c2ccc(OCc3ccccc3F)cc2)SC1=S. The van der Waals surface area contributed by atoms with Crippen LogP contribution in [0.25, 0.3) is 6.08 Å². The Kier molecular flexibility index (Phi) is 6.06. The van der Waals surface area contributed by atoms with Crippen LogP contribution in [0.2, 0.25) is 0 Å². The minimum Gasteiger partial charge on any atom is -0.489 e. The minimum atomic E-state index is -0.279. The third-order valence-electron chi connectivity index (χ3n) is 3.85. The Bertz CT molecular complexity index is 849. The van der Waals surface area contributed by atoms with Crippen LogP contribution in [-0.2, 0) is 11.4 Å². The van der Waals surface area contributed by atoms with Gasteiger partial charge < -0.3 is 4.74 Å². The van der Waals surface area contributed by atoms with Crippen molar-refractivity contribution in [2.75, 3.05) is 6.54 Å². The summed E-state index contributed by atoms with van der Waals surface area (Å²) in [6, 6.07) is 13.9. The molecule has 0 atom stereocenters. The van der Waals surface area contributed by atoms with Gasteiger partial charge in [0.25, 0.3) is 5.91 Å². The first kappa shape index (κ1) is 18.6. The van der Waals surface area contributed by atoms with Crippen LogP contribution in [0.1, 0.15) is 24.5 Å². The van der Waals surface area contributed by atoms with E-state index in [1.807, 2.05) is 25.1 Å². The second-order valence-corrected chi connectivity index (χ2v) is 7.46. The minimum absolute atomic E-state index is 0.0401. The summed E-state index contributed by atoms with van der Waals surface area (Å²) >= 11 is 6.59. The molecule has 1 heterocycles. The van der Waals surface area contributed by atoms with Crippen LogP contribution in [0.4, 0.5) is 4.39 Å². The van der Waals surface area contributed by atoms with Crippen LogP contribution in [0.3, 0.4) is 0 Å². The fraction of sp³-hybridized carbons (Fsp3) is 0.200. The normalized spacial score (nSPS) is 15.8. The smallest absolute Gasteiger partial charge is 0.266 e. The van der Waals surface area contributed by atoms with E-state index in [0.717, 1.165) is 12.0 Å². The highest BCUT2D eigenvalue weighted by Crippen LogP contribution is 2.32. The third-order valence-corrected chi connectivity index (χ3v) is 5.23. The first-order valence-electron chi connectivity index (χ1n) is 8.30. The van der Waals surface area contributed by atoms with Crippen molar-refractivity contribution in [3.05, 3.63) is 70.4 Å². The molecule has 6 heteroatoms. The predicted octanol–water partition coefficient (Wildman–Crippen LogP) is 5.02. The van der Waals surface area contributed by atoms with E-state index in [4.69, 9.17) is 17.0 Å². The van der Waals surface area contributed by atoms with E-state index >= 15 is 0 Å². The number of ether oxygens (including phenoxy) is 1. The van der Waals surface area contributed by atoms with Crippen molar-refractivity contribution >= 4 is 40.3 Å². The standard InChI is InChI=1S/C20H18FNO2S2/c1-2-11-22-19(23)18(26-20(22)25)12-14-7-9-16(10-8-14)24-13-15-5-3-4-6-17(15)21/h3-10,12H,2,11,13H2,1H3/b18-12+. The van der Waals surface area contributed by atoms with Gasteiger partial charge in [-0.25, -0.2) is 4.39 Å². The summed E-state index contributed by atoms with van der Waals surface area (Å²) in [4.78, 5) is 14.6. The summed E-state index contributed by atoms with van der Waals surface area (Å²) in [5.74, 6) is 0.323. The maximum atomic E-state index is 13.6. The zero-order chi connectivity index (χ0) is 18.5. The van der Waals surface area contributed by atoms with Crippen LogP contribution in [0.15, 0.2) is 53.4 Å². The number of nitrogens with zero attached hydrogens (tertiary/aromatic N) is 1. The molecule has 2 aromatic rings. The van der Waals surface area contributed by atoms with Gasteiger partial charge in [0, 0.05) is 12.1 Å². The summed E-state index contributed by atoms with van der Waals surface area (Å²) in [5.41, 5.74) is 1.40. The lowest BCUT2D eigenvalue weighted by Gasteiger charge is -2.11. The summed E-state index contributed by atoms with van der Waals surface area (Å²) in [7, 11) is 0. The van der Waals surface area contributed by atoms with Gasteiger partial charge in [-0.2, -0.15) is 0 Å². The molecular formula is C20H18FNO2S2. The Hall–Kier alpha value is -2.18. The van der Waals surface area contributed by atoms with Crippen LogP contribution in [-0.4, -0.2) is 21.7 Å². The van der Waals surface area contributed by atoms with Crippen molar-refractivity contribution in [3.8, 4) is 5.75 Å². The molecule has 0 saturated carbocycles. The first-order valence-corrected chi connectivity index (χ1v) is 9.52. The van der Waals surface area contributed by atoms with Crippen molar-refractivity contribution < 1.29 is 13.9 Å². The van der Waals surface area contributed by atoms with Gasteiger partial charge >= 0.3 is 0 Å². The number of hydrogen-bond acceptors (Lipinski definition) is 4. The average molecular weight is 388 g/mol. The van der Waals surface area contributed by atoms with E-state index < -0.39 is 0 Å². The van der Waals surface area contributed by atoms with Gasteiger partial charge in [0.2, 0.25) is 0 Å². The van der Waals surface area contributed by atoms with Crippen molar-refractivity contribution in [2.24, 2.45) is 0 Å². The second-order valence-electron chi connectivity index (χ2n) is 5.78. The van der Waals surface area contributed by atoms with Gasteiger partial charge in [0.05, 0.1) is 4.91 Å². The molecule has 1 amide bonds. The third kappa shape index (κ3) is 4.31. The molecular weight excluding hydrogens is 369 g/mol. The number of benzene rings is 2. The Morgan fingerprint density at radius 1 is 1.19 bits per heavy atom. The number of thiocarbonyl (C=S) groups is 1. The van der Waals surface area contributed by atoms with E-state index in [0.29, 0.717) is 27.1 Å². The zero-order valence-corrected chi connectivity index (χ0v) is 15.9. The Morgan fingerprint density at radius 3 is 2.62 bits per heavy atom. The molecule has 0 aromatic heterocycles. The molecule has 0 N–H and O–H groups in total. The average Bonchev–Trinajstić information content (AvgIpc) is 2.90. The molecule has 0 spiro atoms. The number of carbonyl (C=O) groups excluding carboxylic acids is 1. The van der Waals surface area contributed by atoms with Crippen molar-refractivity contribution in [1.82, 2.24) is 4.90 Å². The molecule has 1 fully saturated rings. The summed E-state index contributed by atoms with van der Waals surface area (Å²) in [6.07, 6.45) is 2.70. The molecule has 0 radical (unpaired) electrons. The molecule has 2 aromatic carbocycles. The molecule has 0 aliphatic carbocycles. The molecule has 0 unspecified atom stereocenters. The molecule has 1 aliphatic rings. The molecule has 1 aliphatic heterocycles. The quantitative estimate of drug-likeness (QED) is 0.514. The Morgan fingerprint density at radius 2 is 1.92 bits per heavy atom. The van der Waals surface area contributed by atoms with Crippen molar-refractivity contribution in [3.63, 3.8) is 0 Å². The number of thioether (sulfide) groups is 1. The fourth-order valence-corrected chi connectivity index (χ4v) is 3.81. The molecule has 0 bridgehead atoms. The molecule has 1 saturated heterocycles. The zero-order valence-electron chi connectivity index (χ0n) is 14.3. The van der Waals surface area contributed by atoms with E-state index in [-0.39, 0.29) is 18.3 Å². The number of hydrogen-bond donors (Lipinski definition) is 0. The van der Waals surface area contributed by atoms with Gasteiger partial charge in [-0.05, 0) is 36.3 Å². The monoisotopic (exact) mass is 387 g/mol. The predicted molar refractivity (Wildman–Crippen MR) is 107 cm³/mol. The number of rotatable bonds is 6. The summed E-state index contributed by atoms with van der Waals surface area (Å²) in [5, 5.41) is 0. The van der Waals surface area contributed by atoms with Crippen molar-refractivity contribution in [2.45, 2.75) is 20.0 Å². The number of amides is 1. The summed E-state index contributed by atoms with van der Waals surface area (Å²) < 4.78 is 19.8. The number of halogens is 1. The highest BCUT2D eigenvalue weighted by atomic mass is 32.2. The lowest BCUT2D eigenvalue weighted by atomic mass is 10.2. The van der Waals surface area contributed by atoms with Gasteiger partial charge in [0.15, 0.2) is 0 Å². The van der Waals surface area contributed by atoms with Crippen LogP contribution in [0.5, 0.6) is 5.75 Å². The molecule has 3 rings (SSSR count). The second kappa shape index (κ2) is 8.47. The lowest BCUT2D eigenvalue weighted by Crippen LogP contribution is -2.28. The highest BCUT2D eigenvalue weighted by Gasteiger charge is 2.31. The Balaban J connectivity index is 1.65. The fourth-order valence-electron chi connectivity index (χ4n) is 2.50. The first-order chi connectivity index (χ1) is 12.6. The highest BCUT2D eigenvalue weighted by molar-refractivity contribution is 8.26.